The Labute approximate surface area is 189 Å². The predicted molar refractivity (Wildman–Crippen MR) is 127 cm³/mol. The van der Waals surface area contributed by atoms with Gasteiger partial charge < -0.3 is 15.0 Å². The molecule has 0 bridgehead atoms. The number of nitrogens with one attached hydrogen (secondary N) is 1. The largest absolute Gasteiger partial charge is 0.494 e. The molecule has 4 rings (SSSR count). The van der Waals surface area contributed by atoms with Crippen molar-refractivity contribution in [3.8, 4) is 5.88 Å². The number of hydrogen-bond donors (Lipinski definition) is 2. The van der Waals surface area contributed by atoms with Gasteiger partial charge in [0.2, 0.25) is 0 Å². The summed E-state index contributed by atoms with van der Waals surface area (Å²) in [5.74, 6) is -0.136. The number of aromatic nitrogens is 1. The van der Waals surface area contributed by atoms with Gasteiger partial charge in [0.1, 0.15) is 5.02 Å². The first-order chi connectivity index (χ1) is 15.3. The van der Waals surface area contributed by atoms with Gasteiger partial charge in [0.05, 0.1) is 27.4 Å². The highest BCUT2D eigenvalue weighted by Gasteiger charge is 2.23. The molecule has 0 amide bonds. The van der Waals surface area contributed by atoms with Gasteiger partial charge in [0, 0.05) is 23.6 Å². The molecule has 0 aliphatic rings. The summed E-state index contributed by atoms with van der Waals surface area (Å²) in [5.41, 5.74) is 3.73. The van der Waals surface area contributed by atoms with Crippen molar-refractivity contribution in [1.29, 1.82) is 0 Å². The van der Waals surface area contributed by atoms with Gasteiger partial charge in [-0.1, -0.05) is 54.1 Å². The van der Waals surface area contributed by atoms with Crippen LogP contribution in [0.15, 0.2) is 71.7 Å². The number of H-pyrrole nitrogens is 1. The molecule has 162 valence electrons. The number of aromatic amines is 1. The smallest absolute Gasteiger partial charge is 0.288 e. The molecule has 0 radical (unpaired) electrons. The van der Waals surface area contributed by atoms with Crippen LogP contribution in [-0.4, -0.2) is 39.7 Å². The van der Waals surface area contributed by atoms with Crippen LogP contribution in [0.4, 0.5) is 11.4 Å². The molecule has 0 aliphatic carbocycles. The maximum Gasteiger partial charge on any atom is 0.288 e. The van der Waals surface area contributed by atoms with Gasteiger partial charge in [-0.25, -0.2) is 4.99 Å². The number of nitro benzene ring substituents is 1. The van der Waals surface area contributed by atoms with E-state index in [9.17, 15) is 15.2 Å². The summed E-state index contributed by atoms with van der Waals surface area (Å²) in [7, 11) is 4.01. The van der Waals surface area contributed by atoms with Crippen molar-refractivity contribution in [1.82, 2.24) is 9.88 Å². The second kappa shape index (κ2) is 8.82. The molecule has 4 aromatic rings. The van der Waals surface area contributed by atoms with Gasteiger partial charge in [-0.15, -0.1) is 0 Å². The zero-order chi connectivity index (χ0) is 22.8. The topological polar surface area (TPSA) is 94.8 Å². The molecule has 1 aromatic heterocycles. The normalized spacial score (nSPS) is 11.9. The van der Waals surface area contributed by atoms with Crippen molar-refractivity contribution >= 4 is 39.6 Å². The second-order valence-corrected chi connectivity index (χ2v) is 8.09. The number of aromatic hydroxyl groups is 1. The number of nitro groups is 1. The third-order valence-electron chi connectivity index (χ3n) is 5.00. The van der Waals surface area contributed by atoms with E-state index in [1.807, 2.05) is 68.7 Å². The Kier molecular flexibility index (Phi) is 5.94. The highest BCUT2D eigenvalue weighted by Crippen LogP contribution is 2.37. The van der Waals surface area contributed by atoms with E-state index < -0.39 is 4.92 Å². The summed E-state index contributed by atoms with van der Waals surface area (Å²) < 4.78 is 0. The van der Waals surface area contributed by atoms with Crippen molar-refractivity contribution in [3.05, 3.63) is 98.6 Å². The fourth-order valence-corrected chi connectivity index (χ4v) is 3.83. The molecule has 3 aromatic carbocycles. The Morgan fingerprint density at radius 3 is 2.44 bits per heavy atom. The van der Waals surface area contributed by atoms with Gasteiger partial charge in [0.15, 0.2) is 5.88 Å². The Morgan fingerprint density at radius 1 is 1.12 bits per heavy atom. The maximum atomic E-state index is 11.4. The molecule has 0 fully saturated rings. The minimum Gasteiger partial charge on any atom is -0.494 e. The van der Waals surface area contributed by atoms with Crippen LogP contribution in [-0.2, 0) is 6.54 Å². The van der Waals surface area contributed by atoms with Gasteiger partial charge in [-0.05, 0) is 37.9 Å². The molecule has 1 heterocycles. The predicted octanol–water partition coefficient (Wildman–Crippen LogP) is 5.67. The highest BCUT2D eigenvalue weighted by atomic mass is 35.5. The third-order valence-corrected chi connectivity index (χ3v) is 5.31. The molecule has 7 nitrogen and oxygen atoms in total. The van der Waals surface area contributed by atoms with Gasteiger partial charge in [-0.2, -0.15) is 0 Å². The first kappa shape index (κ1) is 21.5. The maximum absolute atomic E-state index is 11.4. The monoisotopic (exact) mass is 448 g/mol. The van der Waals surface area contributed by atoms with Crippen LogP contribution in [0.3, 0.4) is 0 Å². The minimum atomic E-state index is -0.543. The Morgan fingerprint density at radius 2 is 1.81 bits per heavy atom. The molecule has 32 heavy (non-hydrogen) atoms. The van der Waals surface area contributed by atoms with Gasteiger partial charge in [-0.3, -0.25) is 10.1 Å². The molecule has 0 atom stereocenters. The summed E-state index contributed by atoms with van der Waals surface area (Å²) in [5, 5.41) is 22.6. The van der Waals surface area contributed by atoms with Crippen LogP contribution in [0.1, 0.15) is 16.7 Å². The van der Waals surface area contributed by atoms with Crippen LogP contribution in [0, 0.1) is 10.1 Å². The van der Waals surface area contributed by atoms with E-state index in [-0.39, 0.29) is 16.6 Å². The van der Waals surface area contributed by atoms with Crippen molar-refractivity contribution in [2.24, 2.45) is 4.99 Å². The Balaban J connectivity index is 1.91. The van der Waals surface area contributed by atoms with Crippen molar-refractivity contribution < 1.29 is 10.0 Å². The molecule has 0 unspecified atom stereocenters. The van der Waals surface area contributed by atoms with Crippen molar-refractivity contribution in [2.45, 2.75) is 6.54 Å². The summed E-state index contributed by atoms with van der Waals surface area (Å²) in [6.07, 6.45) is 0. The standard InChI is InChI=1S/C24H21ClN4O3/c1-28(2)14-15-8-10-17(11-9-15)26-23(16-6-4-3-5-7-16)22-18-12-21(29(31)32)19(25)13-20(18)27-24(22)30/h3-13,27,30H,14H2,1-2H3. The van der Waals surface area contributed by atoms with E-state index in [4.69, 9.17) is 16.6 Å². The van der Waals surface area contributed by atoms with E-state index in [1.165, 1.54) is 12.1 Å². The van der Waals surface area contributed by atoms with Crippen LogP contribution in [0.5, 0.6) is 5.88 Å². The molecule has 0 aliphatic heterocycles. The molecule has 0 spiro atoms. The lowest BCUT2D eigenvalue weighted by molar-refractivity contribution is -0.384. The Bertz CT molecular complexity index is 1310. The number of hydrogen-bond acceptors (Lipinski definition) is 5. The number of fused-ring (bicyclic) bond motifs is 1. The lowest BCUT2D eigenvalue weighted by atomic mass is 10.0. The number of benzene rings is 3. The summed E-state index contributed by atoms with van der Waals surface area (Å²) >= 11 is 6.06. The quantitative estimate of drug-likeness (QED) is 0.226. The number of halogens is 1. The van der Waals surface area contributed by atoms with E-state index in [0.29, 0.717) is 27.9 Å². The number of aliphatic imine (C=N–C) groups is 1. The number of rotatable bonds is 6. The highest BCUT2D eigenvalue weighted by molar-refractivity contribution is 6.34. The van der Waals surface area contributed by atoms with E-state index >= 15 is 0 Å². The van der Waals surface area contributed by atoms with E-state index in [1.54, 1.807) is 0 Å². The lowest BCUT2D eigenvalue weighted by Gasteiger charge is -2.10. The molecule has 0 saturated heterocycles. The fraction of sp³-hybridized carbons (Fsp3) is 0.125. The van der Waals surface area contributed by atoms with Gasteiger partial charge >= 0.3 is 0 Å². The summed E-state index contributed by atoms with van der Waals surface area (Å²) in [4.78, 5) is 20.7. The van der Waals surface area contributed by atoms with Crippen LogP contribution in [0.25, 0.3) is 10.9 Å². The van der Waals surface area contributed by atoms with E-state index in [0.717, 1.165) is 17.7 Å². The zero-order valence-corrected chi connectivity index (χ0v) is 18.3. The SMILES string of the molecule is CN(C)Cc1ccc(N=C(c2ccccc2)c2c(O)[nH]c3cc(Cl)c([N+](=O)[O-])cc23)cc1. The first-order valence-corrected chi connectivity index (χ1v) is 10.3. The average Bonchev–Trinajstić information content (AvgIpc) is 3.07. The Hall–Kier alpha value is -3.68. The van der Waals surface area contributed by atoms with Crippen LogP contribution < -0.4 is 0 Å². The molecule has 8 heteroatoms. The lowest BCUT2D eigenvalue weighted by Crippen LogP contribution is -2.10. The molecule has 2 N–H and O–H groups in total. The second-order valence-electron chi connectivity index (χ2n) is 7.69. The minimum absolute atomic E-state index is 0.00928. The number of nitrogens with zero attached hydrogens (tertiary/aromatic N) is 3. The summed E-state index contributed by atoms with van der Waals surface area (Å²) in [6, 6.07) is 20.0. The molecule has 0 saturated carbocycles. The zero-order valence-electron chi connectivity index (χ0n) is 17.5. The molecular formula is C24H21ClN4O3. The van der Waals surface area contributed by atoms with Crippen LogP contribution in [0.2, 0.25) is 5.02 Å². The van der Waals surface area contributed by atoms with Gasteiger partial charge in [0.25, 0.3) is 5.69 Å². The van der Waals surface area contributed by atoms with Crippen molar-refractivity contribution in [2.75, 3.05) is 14.1 Å². The third kappa shape index (κ3) is 4.34. The summed E-state index contributed by atoms with van der Waals surface area (Å²) in [6.45, 7) is 0.809. The van der Waals surface area contributed by atoms with Crippen LogP contribution >= 0.6 is 11.6 Å². The molecular weight excluding hydrogens is 428 g/mol. The van der Waals surface area contributed by atoms with E-state index in [2.05, 4.69) is 9.88 Å². The van der Waals surface area contributed by atoms with Crippen molar-refractivity contribution in [3.63, 3.8) is 0 Å². The first-order valence-electron chi connectivity index (χ1n) is 9.90. The average molecular weight is 449 g/mol. The fourth-order valence-electron chi connectivity index (χ4n) is 3.60.